The molecule has 94 valence electrons. The van der Waals surface area contributed by atoms with Crippen LogP contribution in [0.25, 0.3) is 0 Å². The molecule has 0 aliphatic heterocycles. The number of nitrogens with one attached hydrogen (secondary N) is 1. The fraction of sp³-hybridized carbons (Fsp3) is 0.0769. The van der Waals surface area contributed by atoms with Crippen LogP contribution in [0.5, 0.6) is 5.75 Å². The van der Waals surface area contributed by atoms with Crippen LogP contribution in [-0.2, 0) is 6.54 Å². The lowest BCUT2D eigenvalue weighted by molar-refractivity contribution is 0.469. The van der Waals surface area contributed by atoms with E-state index in [-0.39, 0.29) is 12.3 Å². The summed E-state index contributed by atoms with van der Waals surface area (Å²) in [6.45, 7) is 0.261. The maximum absolute atomic E-state index is 13.0. The van der Waals surface area contributed by atoms with Gasteiger partial charge in [-0.1, -0.05) is 11.6 Å². The summed E-state index contributed by atoms with van der Waals surface area (Å²) in [5, 5.41) is 12.9. The van der Waals surface area contributed by atoms with Gasteiger partial charge in [0, 0.05) is 28.9 Å². The van der Waals surface area contributed by atoms with Gasteiger partial charge in [0.1, 0.15) is 5.75 Å². The Morgan fingerprint density at radius 3 is 2.56 bits per heavy atom. The highest BCUT2D eigenvalue weighted by Crippen LogP contribution is 2.23. The first-order valence-corrected chi connectivity index (χ1v) is 5.60. The van der Waals surface area contributed by atoms with Crippen molar-refractivity contribution in [1.82, 2.24) is 0 Å². The van der Waals surface area contributed by atoms with Crippen molar-refractivity contribution in [3.63, 3.8) is 0 Å². The van der Waals surface area contributed by atoms with Crippen molar-refractivity contribution in [2.45, 2.75) is 6.54 Å². The number of hydrogen-bond acceptors (Lipinski definition) is 2. The average molecular weight is 270 g/mol. The SMILES string of the molecule is Oc1ccc(Cl)cc1CNc1ccc(F)c(F)c1. The molecule has 18 heavy (non-hydrogen) atoms. The Morgan fingerprint density at radius 1 is 1.06 bits per heavy atom. The van der Waals surface area contributed by atoms with Crippen LogP contribution in [0.2, 0.25) is 5.02 Å². The van der Waals surface area contributed by atoms with E-state index in [4.69, 9.17) is 11.6 Å². The predicted molar refractivity (Wildman–Crippen MR) is 66.8 cm³/mol. The predicted octanol–water partition coefficient (Wildman–Crippen LogP) is 3.94. The molecular weight excluding hydrogens is 260 g/mol. The van der Waals surface area contributed by atoms with Gasteiger partial charge in [-0.3, -0.25) is 0 Å². The molecule has 2 rings (SSSR count). The monoisotopic (exact) mass is 269 g/mol. The molecule has 0 saturated heterocycles. The number of aromatic hydroxyl groups is 1. The van der Waals surface area contributed by atoms with Crippen molar-refractivity contribution in [3.8, 4) is 5.75 Å². The number of benzene rings is 2. The van der Waals surface area contributed by atoms with Crippen molar-refractivity contribution in [1.29, 1.82) is 0 Å². The van der Waals surface area contributed by atoms with Gasteiger partial charge in [0.15, 0.2) is 11.6 Å². The highest BCUT2D eigenvalue weighted by Gasteiger charge is 2.04. The van der Waals surface area contributed by atoms with Crippen molar-refractivity contribution in [2.24, 2.45) is 0 Å². The summed E-state index contributed by atoms with van der Waals surface area (Å²) in [6.07, 6.45) is 0. The molecule has 0 bridgehead atoms. The van der Waals surface area contributed by atoms with Crippen molar-refractivity contribution in [3.05, 3.63) is 58.6 Å². The van der Waals surface area contributed by atoms with Crippen molar-refractivity contribution < 1.29 is 13.9 Å². The topological polar surface area (TPSA) is 32.3 Å². The number of halogens is 3. The second-order valence-electron chi connectivity index (χ2n) is 3.76. The lowest BCUT2D eigenvalue weighted by Gasteiger charge is -2.08. The molecule has 0 fully saturated rings. The molecular formula is C13H10ClF2NO. The first-order valence-electron chi connectivity index (χ1n) is 5.22. The van der Waals surface area contributed by atoms with Crippen LogP contribution in [0.15, 0.2) is 36.4 Å². The van der Waals surface area contributed by atoms with Gasteiger partial charge in [0.2, 0.25) is 0 Å². The number of phenolic OH excluding ortho intramolecular Hbond substituents is 1. The van der Waals surface area contributed by atoms with E-state index < -0.39 is 11.6 Å². The summed E-state index contributed by atoms with van der Waals surface area (Å²) in [4.78, 5) is 0. The van der Waals surface area contributed by atoms with Gasteiger partial charge in [0.05, 0.1) is 0 Å². The van der Waals surface area contributed by atoms with Crippen LogP contribution < -0.4 is 5.32 Å². The van der Waals surface area contributed by atoms with E-state index >= 15 is 0 Å². The third-order valence-corrected chi connectivity index (χ3v) is 2.68. The van der Waals surface area contributed by atoms with E-state index in [1.54, 1.807) is 12.1 Å². The molecule has 0 atom stereocenters. The number of rotatable bonds is 3. The number of hydrogen-bond donors (Lipinski definition) is 2. The standard InChI is InChI=1S/C13H10ClF2NO/c14-9-1-4-13(18)8(5-9)7-17-10-2-3-11(15)12(16)6-10/h1-6,17-18H,7H2. The molecule has 0 amide bonds. The molecule has 0 aromatic heterocycles. The van der Waals surface area contributed by atoms with Gasteiger partial charge in [0.25, 0.3) is 0 Å². The van der Waals surface area contributed by atoms with Gasteiger partial charge in [-0.15, -0.1) is 0 Å². The van der Waals surface area contributed by atoms with Gasteiger partial charge in [-0.05, 0) is 30.3 Å². The van der Waals surface area contributed by atoms with E-state index in [0.29, 0.717) is 16.3 Å². The van der Waals surface area contributed by atoms with Gasteiger partial charge in [-0.2, -0.15) is 0 Å². The molecule has 5 heteroatoms. The third kappa shape index (κ3) is 2.90. The van der Waals surface area contributed by atoms with Crippen LogP contribution in [0.4, 0.5) is 14.5 Å². The van der Waals surface area contributed by atoms with Crippen molar-refractivity contribution in [2.75, 3.05) is 5.32 Å². The fourth-order valence-corrected chi connectivity index (χ4v) is 1.69. The summed E-state index contributed by atoms with van der Waals surface area (Å²) in [5.74, 6) is -1.73. The molecule has 0 radical (unpaired) electrons. The molecule has 2 aromatic rings. The average Bonchev–Trinajstić information content (AvgIpc) is 2.34. The van der Waals surface area contributed by atoms with Gasteiger partial charge < -0.3 is 10.4 Å². The largest absolute Gasteiger partial charge is 0.508 e. The lowest BCUT2D eigenvalue weighted by atomic mass is 10.2. The van der Waals surface area contributed by atoms with E-state index in [1.165, 1.54) is 12.1 Å². The van der Waals surface area contributed by atoms with Gasteiger partial charge in [-0.25, -0.2) is 8.78 Å². The van der Waals surface area contributed by atoms with Crippen molar-refractivity contribution >= 4 is 17.3 Å². The van der Waals surface area contributed by atoms with E-state index in [9.17, 15) is 13.9 Å². The Morgan fingerprint density at radius 2 is 1.83 bits per heavy atom. The van der Waals surface area contributed by atoms with Crippen LogP contribution in [0, 0.1) is 11.6 Å². The molecule has 0 unspecified atom stereocenters. The molecule has 2 nitrogen and oxygen atoms in total. The quantitative estimate of drug-likeness (QED) is 0.885. The first kappa shape index (κ1) is 12.6. The fourth-order valence-electron chi connectivity index (χ4n) is 1.50. The highest BCUT2D eigenvalue weighted by atomic mass is 35.5. The number of anilines is 1. The number of phenols is 1. The maximum Gasteiger partial charge on any atom is 0.160 e. The summed E-state index contributed by atoms with van der Waals surface area (Å²) in [7, 11) is 0. The summed E-state index contributed by atoms with van der Waals surface area (Å²) >= 11 is 5.80. The van der Waals surface area contributed by atoms with E-state index in [1.807, 2.05) is 0 Å². The second-order valence-corrected chi connectivity index (χ2v) is 4.19. The highest BCUT2D eigenvalue weighted by molar-refractivity contribution is 6.30. The Bertz CT molecular complexity index is 575. The summed E-state index contributed by atoms with van der Waals surface area (Å²) < 4.78 is 25.7. The van der Waals surface area contributed by atoms with Crippen LogP contribution in [0.1, 0.15) is 5.56 Å². The van der Waals surface area contributed by atoms with E-state index in [0.717, 1.165) is 12.1 Å². The normalized spacial score (nSPS) is 10.4. The zero-order valence-electron chi connectivity index (χ0n) is 9.25. The zero-order chi connectivity index (χ0) is 13.1. The molecule has 0 aliphatic carbocycles. The summed E-state index contributed by atoms with van der Waals surface area (Å²) in [6, 6.07) is 8.15. The second kappa shape index (κ2) is 5.23. The Balaban J connectivity index is 2.11. The zero-order valence-corrected chi connectivity index (χ0v) is 10.0. The molecule has 2 aromatic carbocycles. The minimum Gasteiger partial charge on any atom is -0.508 e. The molecule has 0 heterocycles. The van der Waals surface area contributed by atoms with Crippen LogP contribution >= 0.6 is 11.6 Å². The minimum atomic E-state index is -0.921. The molecule has 2 N–H and O–H groups in total. The van der Waals surface area contributed by atoms with Gasteiger partial charge >= 0.3 is 0 Å². The van der Waals surface area contributed by atoms with Crippen LogP contribution in [-0.4, -0.2) is 5.11 Å². The van der Waals surface area contributed by atoms with E-state index in [2.05, 4.69) is 5.32 Å². The Labute approximate surface area is 108 Å². The Kier molecular flexibility index (Phi) is 3.67. The Hall–Kier alpha value is -1.81. The molecule has 0 saturated carbocycles. The third-order valence-electron chi connectivity index (χ3n) is 2.44. The van der Waals surface area contributed by atoms with Crippen LogP contribution in [0.3, 0.4) is 0 Å². The molecule has 0 aliphatic rings. The minimum absolute atomic E-state index is 0.0921. The lowest BCUT2D eigenvalue weighted by Crippen LogP contribution is -2.00. The summed E-state index contributed by atoms with van der Waals surface area (Å²) in [5.41, 5.74) is 1.00. The smallest absolute Gasteiger partial charge is 0.160 e. The maximum atomic E-state index is 13.0. The first-order chi connectivity index (χ1) is 8.56. The molecule has 0 spiro atoms.